The molecule has 6 heterocycles. The van der Waals surface area contributed by atoms with Gasteiger partial charge in [-0.05, 0) is 37.9 Å². The molecule has 41 heavy (non-hydrogen) atoms. The molecule has 2 N–H and O–H groups in total. The van der Waals surface area contributed by atoms with Crippen LogP contribution in [0, 0.1) is 5.82 Å². The van der Waals surface area contributed by atoms with E-state index in [0.717, 1.165) is 37.9 Å². The summed E-state index contributed by atoms with van der Waals surface area (Å²) in [6.07, 6.45) is -2.43. The van der Waals surface area contributed by atoms with Crippen molar-refractivity contribution in [2.75, 3.05) is 43.5 Å². The number of nitrogens with two attached hydrogens (primary N) is 1. The molecule has 1 aromatic carbocycles. The third kappa shape index (κ3) is 4.30. The van der Waals surface area contributed by atoms with E-state index in [1.54, 1.807) is 0 Å². The zero-order valence-electron chi connectivity index (χ0n) is 21.8. The lowest BCUT2D eigenvalue weighted by atomic mass is 9.95. The molecule has 4 aliphatic heterocycles. The SMILES string of the molecule is Nc1cc(Cl)c(C(F)(F)F)c(-c2nc3c4c(nc(OC[C@@]56CCCN5C[C@H](F)C6)nc4c2F)N2CC[C@@H]2CCO3)c1. The predicted octanol–water partition coefficient (Wildman–Crippen LogP) is 5.40. The zero-order valence-corrected chi connectivity index (χ0v) is 22.5. The van der Waals surface area contributed by atoms with Crippen LogP contribution in [0.3, 0.4) is 0 Å². The number of hydrogen-bond donors (Lipinski definition) is 1. The summed E-state index contributed by atoms with van der Waals surface area (Å²) in [6, 6.07) is 1.88. The van der Waals surface area contributed by atoms with E-state index in [4.69, 9.17) is 26.8 Å². The molecule has 3 saturated heterocycles. The number of benzene rings is 1. The van der Waals surface area contributed by atoms with Gasteiger partial charge in [0.15, 0.2) is 5.82 Å². The minimum atomic E-state index is -4.92. The van der Waals surface area contributed by atoms with Crippen molar-refractivity contribution in [3.63, 3.8) is 0 Å². The van der Waals surface area contributed by atoms with Crippen LogP contribution in [0.15, 0.2) is 12.1 Å². The van der Waals surface area contributed by atoms with Crippen LogP contribution >= 0.6 is 11.6 Å². The highest BCUT2D eigenvalue weighted by atomic mass is 35.5. The van der Waals surface area contributed by atoms with Gasteiger partial charge in [-0.3, -0.25) is 4.90 Å². The largest absolute Gasteiger partial charge is 0.477 e. The maximum atomic E-state index is 16.4. The molecule has 8 nitrogen and oxygen atoms in total. The molecule has 0 amide bonds. The Morgan fingerprint density at radius 3 is 2.76 bits per heavy atom. The fraction of sp³-hybridized carbons (Fsp3) is 0.519. The van der Waals surface area contributed by atoms with E-state index in [9.17, 15) is 17.6 Å². The second-order valence-electron chi connectivity index (χ2n) is 11.2. The van der Waals surface area contributed by atoms with Gasteiger partial charge in [0.1, 0.15) is 35.2 Å². The maximum absolute atomic E-state index is 16.4. The molecular formula is C27H26ClF5N6O2. The topological polar surface area (TPSA) is 89.6 Å². The molecular weight excluding hydrogens is 571 g/mol. The Hall–Kier alpha value is -3.19. The summed E-state index contributed by atoms with van der Waals surface area (Å²) in [5, 5.41) is -0.534. The number of nitrogens with zero attached hydrogens (tertiary/aromatic N) is 5. The van der Waals surface area contributed by atoms with Crippen molar-refractivity contribution in [3.8, 4) is 23.1 Å². The Morgan fingerprint density at radius 1 is 1.17 bits per heavy atom. The van der Waals surface area contributed by atoms with Crippen molar-refractivity contribution in [2.24, 2.45) is 0 Å². The van der Waals surface area contributed by atoms with Gasteiger partial charge in [-0.1, -0.05) is 11.6 Å². The monoisotopic (exact) mass is 596 g/mol. The minimum absolute atomic E-state index is 0.0902. The Labute approximate surface area is 236 Å². The van der Waals surface area contributed by atoms with Gasteiger partial charge in [0.2, 0.25) is 5.88 Å². The second kappa shape index (κ2) is 9.41. The Balaban J connectivity index is 1.40. The molecule has 4 aliphatic rings. The lowest BCUT2D eigenvalue weighted by Gasteiger charge is -2.43. The highest BCUT2D eigenvalue weighted by molar-refractivity contribution is 6.32. The van der Waals surface area contributed by atoms with Crippen LogP contribution < -0.4 is 20.1 Å². The fourth-order valence-corrected chi connectivity index (χ4v) is 7.06. The van der Waals surface area contributed by atoms with Gasteiger partial charge in [0.25, 0.3) is 0 Å². The number of pyridine rings is 1. The first-order valence-electron chi connectivity index (χ1n) is 13.5. The first kappa shape index (κ1) is 26.7. The van der Waals surface area contributed by atoms with Crippen LogP contribution in [0.2, 0.25) is 5.02 Å². The molecule has 14 heteroatoms. The number of fused-ring (bicyclic) bond motifs is 3. The molecule has 3 fully saturated rings. The number of halogens is 6. The zero-order chi connectivity index (χ0) is 28.7. The molecule has 0 unspecified atom stereocenters. The highest BCUT2D eigenvalue weighted by Crippen LogP contribution is 2.47. The molecule has 0 saturated carbocycles. The third-order valence-corrected chi connectivity index (χ3v) is 9.00. The first-order chi connectivity index (χ1) is 19.5. The predicted molar refractivity (Wildman–Crippen MR) is 142 cm³/mol. The van der Waals surface area contributed by atoms with Crippen LogP contribution in [0.1, 0.15) is 37.7 Å². The molecule has 3 aromatic rings. The molecule has 0 radical (unpaired) electrons. The average molecular weight is 597 g/mol. The summed E-state index contributed by atoms with van der Waals surface area (Å²) < 4.78 is 84.9. The quantitative estimate of drug-likeness (QED) is 0.316. The molecule has 3 atom stereocenters. The molecule has 0 bridgehead atoms. The van der Waals surface area contributed by atoms with Crippen molar-refractivity contribution in [3.05, 3.63) is 28.5 Å². The number of alkyl halides is 4. The number of aromatic nitrogens is 3. The fourth-order valence-electron chi connectivity index (χ4n) is 6.72. The number of nitrogen functional groups attached to an aromatic ring is 1. The third-order valence-electron chi connectivity index (χ3n) is 8.70. The summed E-state index contributed by atoms with van der Waals surface area (Å²) >= 11 is 5.96. The van der Waals surface area contributed by atoms with Gasteiger partial charge < -0.3 is 20.1 Å². The summed E-state index contributed by atoms with van der Waals surface area (Å²) in [5.41, 5.74) is 2.38. The Bertz CT molecular complexity index is 1560. The van der Waals surface area contributed by atoms with Gasteiger partial charge in [0, 0.05) is 43.2 Å². The summed E-state index contributed by atoms with van der Waals surface area (Å²) in [5.74, 6) is -0.867. The lowest BCUT2D eigenvalue weighted by molar-refractivity contribution is -0.137. The second-order valence-corrected chi connectivity index (χ2v) is 11.6. The van der Waals surface area contributed by atoms with Crippen LogP contribution in [0.5, 0.6) is 11.9 Å². The highest BCUT2D eigenvalue weighted by Gasteiger charge is 2.49. The number of anilines is 2. The normalized spacial score (nSPS) is 25.8. The van der Waals surface area contributed by atoms with Crippen molar-refractivity contribution in [2.45, 2.75) is 56.0 Å². The summed E-state index contributed by atoms with van der Waals surface area (Å²) in [7, 11) is 0. The van der Waals surface area contributed by atoms with Crippen molar-refractivity contribution < 1.29 is 31.4 Å². The Kier molecular flexibility index (Phi) is 6.13. The number of ether oxygens (including phenoxy) is 2. The van der Waals surface area contributed by atoms with E-state index in [0.29, 0.717) is 31.7 Å². The number of hydrogen-bond acceptors (Lipinski definition) is 8. The van der Waals surface area contributed by atoms with Crippen LogP contribution in [-0.4, -0.2) is 70.5 Å². The van der Waals surface area contributed by atoms with Gasteiger partial charge in [-0.2, -0.15) is 23.1 Å². The maximum Gasteiger partial charge on any atom is 0.418 e. The van der Waals surface area contributed by atoms with Gasteiger partial charge in [0.05, 0.1) is 22.7 Å². The summed E-state index contributed by atoms with van der Waals surface area (Å²) in [6.45, 7) is 2.06. The standard InChI is InChI=1S/C27H26ClF5N6O2/c28-17-9-14(34)8-16(19(17)27(31,32)33)21-20(30)22-18-23(39-6-2-15(39)3-7-40-24(18)35-21)37-25(36-22)41-12-26-4-1-5-38(26)11-13(29)10-26/h8-9,13,15H,1-7,10-12,34H2/t13-,15-,26+/m1/s1. The van der Waals surface area contributed by atoms with Gasteiger partial charge in [-0.15, -0.1) is 0 Å². The Morgan fingerprint density at radius 2 is 2.00 bits per heavy atom. The average Bonchev–Trinajstić information content (AvgIpc) is 3.39. The molecule has 0 aliphatic carbocycles. The van der Waals surface area contributed by atoms with E-state index < -0.39 is 45.5 Å². The van der Waals surface area contributed by atoms with Crippen molar-refractivity contribution >= 4 is 34.0 Å². The summed E-state index contributed by atoms with van der Waals surface area (Å²) in [4.78, 5) is 17.2. The molecule has 218 valence electrons. The van der Waals surface area contributed by atoms with Crippen LogP contribution in [-0.2, 0) is 6.18 Å². The first-order valence-corrected chi connectivity index (χ1v) is 13.9. The van der Waals surface area contributed by atoms with Crippen molar-refractivity contribution in [1.82, 2.24) is 19.9 Å². The van der Waals surface area contributed by atoms with E-state index >= 15 is 4.39 Å². The molecule has 0 spiro atoms. The van der Waals surface area contributed by atoms with E-state index in [1.165, 1.54) is 0 Å². The number of rotatable bonds is 4. The lowest BCUT2D eigenvalue weighted by Crippen LogP contribution is -2.49. The van der Waals surface area contributed by atoms with Crippen molar-refractivity contribution in [1.29, 1.82) is 0 Å². The van der Waals surface area contributed by atoms with E-state index in [2.05, 4.69) is 19.9 Å². The van der Waals surface area contributed by atoms with Gasteiger partial charge >= 0.3 is 12.2 Å². The van der Waals surface area contributed by atoms with E-state index in [1.807, 2.05) is 4.90 Å². The minimum Gasteiger partial charge on any atom is -0.477 e. The van der Waals surface area contributed by atoms with Gasteiger partial charge in [-0.25, -0.2) is 13.8 Å². The van der Waals surface area contributed by atoms with Crippen LogP contribution in [0.4, 0.5) is 33.5 Å². The van der Waals surface area contributed by atoms with Crippen LogP contribution in [0.25, 0.3) is 22.2 Å². The van der Waals surface area contributed by atoms with E-state index in [-0.39, 0.29) is 47.7 Å². The molecule has 7 rings (SSSR count). The molecule has 2 aromatic heterocycles. The smallest absolute Gasteiger partial charge is 0.418 e.